The molecule has 1 N–H and O–H groups in total. The molecular weight excluding hydrogens is 386 g/mol. The number of nitrogens with one attached hydrogen (secondary N) is 1. The number of esters is 1. The number of hydrogen-bond acceptors (Lipinski definition) is 5. The van der Waals surface area contributed by atoms with Crippen molar-refractivity contribution in [3.8, 4) is 0 Å². The van der Waals surface area contributed by atoms with Crippen molar-refractivity contribution in [3.05, 3.63) is 51.1 Å². The number of hydrogen-bond donors (Lipinski definition) is 1. The van der Waals surface area contributed by atoms with E-state index in [1.165, 1.54) is 18.4 Å². The molecular formula is C20H18ClNO4S. The van der Waals surface area contributed by atoms with E-state index in [9.17, 15) is 9.59 Å². The number of rotatable bonds is 4. The van der Waals surface area contributed by atoms with E-state index in [2.05, 4.69) is 5.32 Å². The van der Waals surface area contributed by atoms with Gasteiger partial charge in [0.25, 0.3) is 0 Å². The second kappa shape index (κ2) is 7.37. The van der Waals surface area contributed by atoms with Gasteiger partial charge in [0, 0.05) is 20.8 Å². The zero-order chi connectivity index (χ0) is 19.0. The molecule has 1 aliphatic rings. The maximum Gasteiger partial charge on any atom is 0.341 e. The van der Waals surface area contributed by atoms with Crippen molar-refractivity contribution < 1.29 is 18.7 Å². The third-order valence-corrected chi connectivity index (χ3v) is 6.22. The van der Waals surface area contributed by atoms with Gasteiger partial charge in [-0.2, -0.15) is 0 Å². The van der Waals surface area contributed by atoms with Gasteiger partial charge in [-0.25, -0.2) is 4.79 Å². The van der Waals surface area contributed by atoms with Crippen LogP contribution in [0.5, 0.6) is 0 Å². The molecule has 4 rings (SSSR count). The van der Waals surface area contributed by atoms with Gasteiger partial charge in [0.2, 0.25) is 5.91 Å². The normalized spacial score (nSPS) is 13.4. The molecule has 2 aromatic heterocycles. The van der Waals surface area contributed by atoms with Crippen molar-refractivity contribution in [2.45, 2.75) is 32.1 Å². The van der Waals surface area contributed by atoms with Gasteiger partial charge < -0.3 is 14.5 Å². The van der Waals surface area contributed by atoms with Crippen molar-refractivity contribution in [3.63, 3.8) is 0 Å². The molecule has 7 heteroatoms. The monoisotopic (exact) mass is 403 g/mol. The first-order valence-corrected chi connectivity index (χ1v) is 9.94. The lowest BCUT2D eigenvalue weighted by Crippen LogP contribution is -2.16. The average Bonchev–Trinajstić information content (AvgIpc) is 3.21. The average molecular weight is 404 g/mol. The number of methoxy groups -OCH3 is 1. The van der Waals surface area contributed by atoms with E-state index in [0.29, 0.717) is 21.2 Å². The highest BCUT2D eigenvalue weighted by atomic mass is 35.5. The SMILES string of the molecule is COC(=O)c1c(NC(=O)Cc2coc3ccc(Cl)cc23)sc2c1CCCC2. The lowest BCUT2D eigenvalue weighted by molar-refractivity contribution is -0.115. The number of fused-ring (bicyclic) bond motifs is 2. The highest BCUT2D eigenvalue weighted by Crippen LogP contribution is 2.38. The van der Waals surface area contributed by atoms with Gasteiger partial charge in [-0.3, -0.25) is 4.79 Å². The highest BCUT2D eigenvalue weighted by molar-refractivity contribution is 7.17. The predicted molar refractivity (Wildman–Crippen MR) is 106 cm³/mol. The van der Waals surface area contributed by atoms with Crippen LogP contribution in [0, 0.1) is 0 Å². The van der Waals surface area contributed by atoms with Crippen LogP contribution in [0.15, 0.2) is 28.9 Å². The number of anilines is 1. The van der Waals surface area contributed by atoms with E-state index in [4.69, 9.17) is 20.8 Å². The molecule has 0 unspecified atom stereocenters. The molecule has 5 nitrogen and oxygen atoms in total. The van der Waals surface area contributed by atoms with Crippen LogP contribution in [-0.4, -0.2) is 19.0 Å². The molecule has 0 saturated heterocycles. The Morgan fingerprint density at radius 1 is 1.30 bits per heavy atom. The minimum Gasteiger partial charge on any atom is -0.465 e. The Morgan fingerprint density at radius 2 is 2.11 bits per heavy atom. The zero-order valence-corrected chi connectivity index (χ0v) is 16.3. The van der Waals surface area contributed by atoms with Gasteiger partial charge >= 0.3 is 5.97 Å². The fourth-order valence-electron chi connectivity index (χ4n) is 3.51. The van der Waals surface area contributed by atoms with E-state index < -0.39 is 5.97 Å². The highest BCUT2D eigenvalue weighted by Gasteiger charge is 2.27. The van der Waals surface area contributed by atoms with Crippen LogP contribution in [0.3, 0.4) is 0 Å². The molecule has 140 valence electrons. The summed E-state index contributed by atoms with van der Waals surface area (Å²) in [6.45, 7) is 0. The number of benzene rings is 1. The molecule has 0 spiro atoms. The number of aryl methyl sites for hydroxylation is 1. The lowest BCUT2D eigenvalue weighted by atomic mass is 9.95. The number of thiophene rings is 1. The minimum absolute atomic E-state index is 0.135. The Labute approximate surface area is 165 Å². The molecule has 27 heavy (non-hydrogen) atoms. The molecule has 0 radical (unpaired) electrons. The van der Waals surface area contributed by atoms with Crippen LogP contribution in [0.4, 0.5) is 5.00 Å². The van der Waals surface area contributed by atoms with E-state index in [-0.39, 0.29) is 12.3 Å². The molecule has 1 amide bonds. The summed E-state index contributed by atoms with van der Waals surface area (Å²) in [4.78, 5) is 26.1. The second-order valence-corrected chi connectivity index (χ2v) is 8.07. The van der Waals surface area contributed by atoms with Crippen molar-refractivity contribution >= 4 is 50.8 Å². The standard InChI is InChI=1S/C20H18ClNO4S/c1-25-20(24)18-13-4-2-3-5-16(13)27-19(18)22-17(23)8-11-10-26-15-7-6-12(21)9-14(11)15/h6-7,9-10H,2-5,8H2,1H3,(H,22,23). The quantitative estimate of drug-likeness (QED) is 0.623. The summed E-state index contributed by atoms with van der Waals surface area (Å²) in [6.07, 6.45) is 5.63. The molecule has 0 fully saturated rings. The van der Waals surface area contributed by atoms with Crippen molar-refractivity contribution in [2.75, 3.05) is 12.4 Å². The molecule has 1 aliphatic carbocycles. The molecule has 0 atom stereocenters. The Bertz CT molecular complexity index is 1040. The van der Waals surface area contributed by atoms with Crippen molar-refractivity contribution in [1.82, 2.24) is 0 Å². The number of amides is 1. The topological polar surface area (TPSA) is 68.5 Å². The first-order valence-electron chi connectivity index (χ1n) is 8.75. The number of carbonyl (C=O) groups is 2. The van der Waals surface area contributed by atoms with Crippen molar-refractivity contribution in [1.29, 1.82) is 0 Å². The first-order chi connectivity index (χ1) is 13.1. The summed E-state index contributed by atoms with van der Waals surface area (Å²) in [5, 5.41) is 4.88. The third kappa shape index (κ3) is 3.47. The van der Waals surface area contributed by atoms with Gasteiger partial charge in [-0.1, -0.05) is 11.6 Å². The summed E-state index contributed by atoms with van der Waals surface area (Å²) in [5.74, 6) is -0.605. The van der Waals surface area contributed by atoms with E-state index in [0.717, 1.165) is 47.1 Å². The van der Waals surface area contributed by atoms with E-state index >= 15 is 0 Å². The molecule has 1 aromatic carbocycles. The second-order valence-electron chi connectivity index (χ2n) is 6.53. The summed E-state index contributed by atoms with van der Waals surface area (Å²) in [7, 11) is 1.36. The smallest absolute Gasteiger partial charge is 0.341 e. The molecule has 0 aliphatic heterocycles. The molecule has 0 saturated carbocycles. The van der Waals surface area contributed by atoms with Gasteiger partial charge in [0.05, 0.1) is 25.4 Å². The Hall–Kier alpha value is -2.31. The number of halogens is 1. The van der Waals surface area contributed by atoms with Crippen LogP contribution in [0.25, 0.3) is 11.0 Å². The van der Waals surface area contributed by atoms with Crippen LogP contribution in [-0.2, 0) is 28.8 Å². The summed E-state index contributed by atoms with van der Waals surface area (Å²) >= 11 is 7.53. The fourth-order valence-corrected chi connectivity index (χ4v) is 4.97. The van der Waals surface area contributed by atoms with Crippen LogP contribution in [0.1, 0.15) is 39.2 Å². The molecule has 0 bridgehead atoms. The summed E-state index contributed by atoms with van der Waals surface area (Å²) in [5.41, 5.74) is 2.97. The van der Waals surface area contributed by atoms with Crippen molar-refractivity contribution in [2.24, 2.45) is 0 Å². The summed E-state index contributed by atoms with van der Waals surface area (Å²) in [6, 6.07) is 5.31. The predicted octanol–water partition coefficient (Wildman–Crippen LogP) is 4.99. The minimum atomic E-state index is -0.398. The largest absolute Gasteiger partial charge is 0.465 e. The van der Waals surface area contributed by atoms with Gasteiger partial charge in [0.1, 0.15) is 10.6 Å². The van der Waals surface area contributed by atoms with Crippen LogP contribution >= 0.6 is 22.9 Å². The molecule has 3 aromatic rings. The van der Waals surface area contributed by atoms with Crippen LogP contribution < -0.4 is 5.32 Å². The maximum absolute atomic E-state index is 12.7. The van der Waals surface area contributed by atoms with Gasteiger partial charge in [0.15, 0.2) is 0 Å². The van der Waals surface area contributed by atoms with E-state index in [1.54, 1.807) is 24.5 Å². The fraction of sp³-hybridized carbons (Fsp3) is 0.300. The third-order valence-electron chi connectivity index (χ3n) is 4.78. The lowest BCUT2D eigenvalue weighted by Gasteiger charge is -2.11. The van der Waals surface area contributed by atoms with Gasteiger partial charge in [-0.05, 0) is 49.4 Å². The summed E-state index contributed by atoms with van der Waals surface area (Å²) < 4.78 is 10.4. The van der Waals surface area contributed by atoms with Crippen LogP contribution in [0.2, 0.25) is 5.02 Å². The number of carbonyl (C=O) groups excluding carboxylic acids is 2. The van der Waals surface area contributed by atoms with Gasteiger partial charge in [-0.15, -0.1) is 11.3 Å². The number of furan rings is 1. The number of ether oxygens (including phenoxy) is 1. The molecule has 2 heterocycles. The van der Waals surface area contributed by atoms with E-state index in [1.807, 2.05) is 0 Å². The Balaban J connectivity index is 1.60. The first kappa shape index (κ1) is 18.1. The Kier molecular flexibility index (Phi) is 4.93. The zero-order valence-electron chi connectivity index (χ0n) is 14.8. The Morgan fingerprint density at radius 3 is 2.93 bits per heavy atom. The maximum atomic E-state index is 12.7.